The van der Waals surface area contributed by atoms with E-state index in [2.05, 4.69) is 26.6 Å². The van der Waals surface area contributed by atoms with Gasteiger partial charge in [0.25, 0.3) is 0 Å². The third-order valence-electron chi connectivity index (χ3n) is 2.87. The molecule has 0 aliphatic rings. The molecule has 4 nitrogen and oxygen atoms in total. The van der Waals surface area contributed by atoms with Crippen molar-refractivity contribution in [2.45, 2.75) is 25.7 Å². The molecule has 0 saturated carbocycles. The van der Waals surface area contributed by atoms with E-state index in [1.165, 1.54) is 12.6 Å². The number of rotatable bonds is 6. The summed E-state index contributed by atoms with van der Waals surface area (Å²) in [5.74, 6) is 0.363. The maximum Gasteiger partial charge on any atom is 0.390 e. The smallest absolute Gasteiger partial charge is 0.356 e. The van der Waals surface area contributed by atoms with Crippen molar-refractivity contribution in [1.82, 2.24) is 15.5 Å². The summed E-state index contributed by atoms with van der Waals surface area (Å²) in [6, 6.07) is 8.04. The second kappa shape index (κ2) is 10.7. The van der Waals surface area contributed by atoms with E-state index in [0.29, 0.717) is 12.5 Å². The lowest BCUT2D eigenvalue weighted by Gasteiger charge is -2.14. The lowest BCUT2D eigenvalue weighted by atomic mass is 10.1. The summed E-state index contributed by atoms with van der Waals surface area (Å²) in [6.07, 6.45) is -5.04. The predicted octanol–water partition coefficient (Wildman–Crippen LogP) is 2.98. The SMILES string of the molecule is CN=C(NCCC(F)(F)F)NCc1cccc(CN(C)C)c1.I. The van der Waals surface area contributed by atoms with E-state index >= 15 is 0 Å². The Kier molecular flexibility index (Phi) is 10.2. The highest BCUT2D eigenvalue weighted by Crippen LogP contribution is 2.18. The van der Waals surface area contributed by atoms with Crippen LogP contribution in [-0.2, 0) is 13.1 Å². The van der Waals surface area contributed by atoms with Crippen LogP contribution in [0.1, 0.15) is 17.5 Å². The van der Waals surface area contributed by atoms with Gasteiger partial charge in [-0.1, -0.05) is 24.3 Å². The first-order valence-electron chi connectivity index (χ1n) is 7.04. The summed E-state index contributed by atoms with van der Waals surface area (Å²) >= 11 is 0. The molecule has 1 aromatic rings. The highest BCUT2D eigenvalue weighted by atomic mass is 127. The maximum atomic E-state index is 12.1. The molecule has 0 amide bonds. The minimum absolute atomic E-state index is 0. The first-order chi connectivity index (χ1) is 10.3. The number of hydrogen-bond donors (Lipinski definition) is 2. The molecule has 0 aliphatic heterocycles. The van der Waals surface area contributed by atoms with Gasteiger partial charge in [0.1, 0.15) is 0 Å². The molecule has 0 fully saturated rings. The van der Waals surface area contributed by atoms with Crippen LogP contribution in [0.4, 0.5) is 13.2 Å². The van der Waals surface area contributed by atoms with E-state index in [9.17, 15) is 13.2 Å². The lowest BCUT2D eigenvalue weighted by Crippen LogP contribution is -2.38. The molecular formula is C15H24F3IN4. The number of aliphatic imine (C=N–C) groups is 1. The Morgan fingerprint density at radius 1 is 1.17 bits per heavy atom. The Bertz CT molecular complexity index is 490. The molecule has 2 N–H and O–H groups in total. The Balaban J connectivity index is 0.00000484. The van der Waals surface area contributed by atoms with Gasteiger partial charge in [0.05, 0.1) is 6.42 Å². The number of nitrogens with one attached hydrogen (secondary N) is 2. The molecule has 0 spiro atoms. The van der Waals surface area contributed by atoms with Crippen molar-refractivity contribution < 1.29 is 13.2 Å². The van der Waals surface area contributed by atoms with Gasteiger partial charge in [-0.2, -0.15) is 13.2 Å². The van der Waals surface area contributed by atoms with E-state index in [-0.39, 0.29) is 30.5 Å². The zero-order chi connectivity index (χ0) is 16.6. The number of halogens is 4. The molecule has 0 aliphatic carbocycles. The largest absolute Gasteiger partial charge is 0.390 e. The Morgan fingerprint density at radius 3 is 2.39 bits per heavy atom. The number of nitrogens with zero attached hydrogens (tertiary/aromatic N) is 2. The zero-order valence-corrected chi connectivity index (χ0v) is 15.9. The highest BCUT2D eigenvalue weighted by Gasteiger charge is 2.26. The van der Waals surface area contributed by atoms with Crippen LogP contribution in [0.3, 0.4) is 0 Å². The van der Waals surface area contributed by atoms with Crippen LogP contribution in [0.2, 0.25) is 0 Å². The van der Waals surface area contributed by atoms with Gasteiger partial charge in [-0.25, -0.2) is 0 Å². The molecule has 0 unspecified atom stereocenters. The molecule has 132 valence electrons. The maximum absolute atomic E-state index is 12.1. The van der Waals surface area contributed by atoms with Gasteiger partial charge >= 0.3 is 6.18 Å². The van der Waals surface area contributed by atoms with Crippen LogP contribution < -0.4 is 10.6 Å². The molecule has 1 rings (SSSR count). The summed E-state index contributed by atoms with van der Waals surface area (Å²) < 4.78 is 36.3. The van der Waals surface area contributed by atoms with Crippen LogP contribution in [-0.4, -0.2) is 44.7 Å². The van der Waals surface area contributed by atoms with Crippen molar-refractivity contribution in [3.05, 3.63) is 35.4 Å². The van der Waals surface area contributed by atoms with E-state index in [1.807, 2.05) is 32.3 Å². The number of alkyl halides is 3. The average molecular weight is 444 g/mol. The van der Waals surface area contributed by atoms with Crippen molar-refractivity contribution in [3.63, 3.8) is 0 Å². The van der Waals surface area contributed by atoms with Crippen molar-refractivity contribution in [2.75, 3.05) is 27.7 Å². The van der Waals surface area contributed by atoms with Gasteiger partial charge in [-0.05, 0) is 25.2 Å². The molecule has 0 radical (unpaired) electrons. The van der Waals surface area contributed by atoms with E-state index in [1.54, 1.807) is 0 Å². The van der Waals surface area contributed by atoms with E-state index in [0.717, 1.165) is 12.1 Å². The minimum Gasteiger partial charge on any atom is -0.356 e. The summed E-state index contributed by atoms with van der Waals surface area (Å²) in [4.78, 5) is 5.99. The lowest BCUT2D eigenvalue weighted by molar-refractivity contribution is -0.132. The minimum atomic E-state index is -4.16. The van der Waals surface area contributed by atoms with Crippen LogP contribution in [0.25, 0.3) is 0 Å². The molecule has 23 heavy (non-hydrogen) atoms. The topological polar surface area (TPSA) is 39.7 Å². The molecule has 8 heteroatoms. The molecule has 0 heterocycles. The first kappa shape index (κ1) is 22.0. The summed E-state index contributed by atoms with van der Waals surface area (Å²) in [5, 5.41) is 5.66. The first-order valence-corrected chi connectivity index (χ1v) is 7.04. The van der Waals surface area contributed by atoms with Crippen LogP contribution in [0.15, 0.2) is 29.3 Å². The predicted molar refractivity (Wildman–Crippen MR) is 98.1 cm³/mol. The van der Waals surface area contributed by atoms with Crippen LogP contribution in [0.5, 0.6) is 0 Å². The monoisotopic (exact) mass is 444 g/mol. The molecular weight excluding hydrogens is 420 g/mol. The standard InChI is InChI=1S/C15H23F3N4.HI/c1-19-14(20-8-7-15(16,17)18)21-10-12-5-4-6-13(9-12)11-22(2)3;/h4-6,9H,7-8,10-11H2,1-3H3,(H2,19,20,21);1H. The molecule has 0 aromatic heterocycles. The number of benzene rings is 1. The Labute approximate surface area is 152 Å². The van der Waals surface area contributed by atoms with Gasteiger partial charge in [0.15, 0.2) is 5.96 Å². The van der Waals surface area contributed by atoms with Gasteiger partial charge < -0.3 is 15.5 Å². The normalized spacial score (nSPS) is 12.0. The van der Waals surface area contributed by atoms with Gasteiger partial charge in [0.2, 0.25) is 0 Å². The molecule has 0 bridgehead atoms. The summed E-state index contributed by atoms with van der Waals surface area (Å²) in [5.41, 5.74) is 2.24. The summed E-state index contributed by atoms with van der Waals surface area (Å²) in [6.45, 7) is 1.16. The van der Waals surface area contributed by atoms with Crippen LogP contribution in [0, 0.1) is 0 Å². The third-order valence-corrected chi connectivity index (χ3v) is 2.87. The van der Waals surface area contributed by atoms with Crippen molar-refractivity contribution in [3.8, 4) is 0 Å². The average Bonchev–Trinajstić information content (AvgIpc) is 2.41. The van der Waals surface area contributed by atoms with Crippen molar-refractivity contribution in [1.29, 1.82) is 0 Å². The fourth-order valence-corrected chi connectivity index (χ4v) is 1.93. The second-order valence-corrected chi connectivity index (χ2v) is 5.28. The number of hydrogen-bond acceptors (Lipinski definition) is 2. The van der Waals surface area contributed by atoms with Crippen molar-refractivity contribution >= 4 is 29.9 Å². The van der Waals surface area contributed by atoms with E-state index in [4.69, 9.17) is 0 Å². The summed E-state index contributed by atoms with van der Waals surface area (Å²) in [7, 11) is 5.53. The molecule has 0 atom stereocenters. The molecule has 1 aromatic carbocycles. The third kappa shape index (κ3) is 10.4. The Morgan fingerprint density at radius 2 is 1.83 bits per heavy atom. The van der Waals surface area contributed by atoms with E-state index < -0.39 is 12.6 Å². The molecule has 0 saturated heterocycles. The van der Waals surface area contributed by atoms with Gasteiger partial charge in [-0.15, -0.1) is 24.0 Å². The fraction of sp³-hybridized carbons (Fsp3) is 0.533. The number of guanidine groups is 1. The zero-order valence-electron chi connectivity index (χ0n) is 13.6. The van der Waals surface area contributed by atoms with Crippen LogP contribution >= 0.6 is 24.0 Å². The quantitative estimate of drug-likeness (QED) is 0.403. The van der Waals surface area contributed by atoms with Crippen molar-refractivity contribution in [2.24, 2.45) is 4.99 Å². The highest BCUT2D eigenvalue weighted by molar-refractivity contribution is 14.0. The van der Waals surface area contributed by atoms with Gasteiger partial charge in [-0.3, -0.25) is 4.99 Å². The fourth-order valence-electron chi connectivity index (χ4n) is 1.93. The van der Waals surface area contributed by atoms with Gasteiger partial charge in [0, 0.05) is 26.7 Å². The second-order valence-electron chi connectivity index (χ2n) is 5.28. The Hall–Kier alpha value is -1.03.